The van der Waals surface area contributed by atoms with Gasteiger partial charge in [0.05, 0.1) is 12.8 Å². The number of halogens is 7. The predicted molar refractivity (Wildman–Crippen MR) is 59.7 cm³/mol. The van der Waals surface area contributed by atoms with Crippen molar-refractivity contribution in [3.63, 3.8) is 0 Å². The van der Waals surface area contributed by atoms with Crippen LogP contribution in [-0.4, -0.2) is 24.2 Å². The van der Waals surface area contributed by atoms with Crippen molar-refractivity contribution < 1.29 is 35.5 Å². The number of benzene rings is 1. The molecule has 0 fully saturated rings. The molecule has 0 saturated heterocycles. The summed E-state index contributed by atoms with van der Waals surface area (Å²) in [6, 6.07) is 4.36. The first-order valence-corrected chi connectivity index (χ1v) is 5.50. The molecule has 0 spiro atoms. The van der Waals surface area contributed by atoms with Gasteiger partial charge in [-0.3, -0.25) is 0 Å². The Morgan fingerprint density at radius 2 is 1.57 bits per heavy atom. The van der Waals surface area contributed by atoms with E-state index in [1.807, 2.05) is 4.98 Å². The van der Waals surface area contributed by atoms with Gasteiger partial charge in [-0.05, 0) is 24.3 Å². The standard InChI is InChI=1S/C12H8F7NO/c1-21-7-2-3-8-6(4-7)5-9(20-8)10(13,14)11(15,16)12(17,18)19/h2-5,20H,1H3. The summed E-state index contributed by atoms with van der Waals surface area (Å²) in [7, 11) is 1.29. The molecule has 0 aliphatic rings. The smallest absolute Gasteiger partial charge is 0.460 e. The van der Waals surface area contributed by atoms with Crippen LogP contribution in [0.1, 0.15) is 5.69 Å². The Balaban J connectivity index is 2.54. The van der Waals surface area contributed by atoms with Crippen LogP contribution < -0.4 is 4.74 Å². The van der Waals surface area contributed by atoms with Crippen molar-refractivity contribution >= 4 is 10.9 Å². The van der Waals surface area contributed by atoms with Crippen molar-refractivity contribution in [1.82, 2.24) is 4.98 Å². The summed E-state index contributed by atoms with van der Waals surface area (Å²) in [6.07, 6.45) is -6.37. The normalized spacial score (nSPS) is 13.7. The van der Waals surface area contributed by atoms with E-state index in [0.717, 1.165) is 0 Å². The third kappa shape index (κ3) is 2.30. The van der Waals surface area contributed by atoms with Crippen molar-refractivity contribution in [2.24, 2.45) is 0 Å². The second-order valence-electron chi connectivity index (χ2n) is 4.28. The average molecular weight is 315 g/mol. The van der Waals surface area contributed by atoms with Crippen LogP contribution in [0, 0.1) is 0 Å². The molecule has 21 heavy (non-hydrogen) atoms. The van der Waals surface area contributed by atoms with E-state index >= 15 is 0 Å². The maximum Gasteiger partial charge on any atom is 0.460 e. The average Bonchev–Trinajstić information content (AvgIpc) is 2.80. The first-order chi connectivity index (χ1) is 9.50. The summed E-state index contributed by atoms with van der Waals surface area (Å²) >= 11 is 0. The van der Waals surface area contributed by atoms with Crippen molar-refractivity contribution in [3.8, 4) is 5.75 Å². The lowest BCUT2D eigenvalue weighted by Crippen LogP contribution is -2.50. The molecule has 2 nitrogen and oxygen atoms in total. The number of aromatic nitrogens is 1. The molecule has 0 atom stereocenters. The summed E-state index contributed by atoms with van der Waals surface area (Å²) in [4.78, 5) is 1.88. The maximum atomic E-state index is 13.5. The van der Waals surface area contributed by atoms with E-state index in [9.17, 15) is 30.7 Å². The molecular weight excluding hydrogens is 307 g/mol. The molecule has 0 amide bonds. The van der Waals surface area contributed by atoms with Crippen molar-refractivity contribution in [2.45, 2.75) is 18.0 Å². The Labute approximate surface area is 113 Å². The van der Waals surface area contributed by atoms with Gasteiger partial charge < -0.3 is 9.72 Å². The van der Waals surface area contributed by atoms with Gasteiger partial charge in [0.25, 0.3) is 0 Å². The Kier molecular flexibility index (Phi) is 3.34. The Bertz CT molecular complexity index is 659. The summed E-state index contributed by atoms with van der Waals surface area (Å²) < 4.78 is 94.1. The number of alkyl halides is 7. The molecule has 2 rings (SSSR count). The van der Waals surface area contributed by atoms with E-state index in [1.165, 1.54) is 25.3 Å². The Morgan fingerprint density at radius 1 is 0.952 bits per heavy atom. The number of methoxy groups -OCH3 is 1. The Hall–Kier alpha value is -1.93. The van der Waals surface area contributed by atoms with Gasteiger partial charge in [-0.15, -0.1) is 0 Å². The summed E-state index contributed by atoms with van der Waals surface area (Å²) in [5.74, 6) is -11.4. The van der Waals surface area contributed by atoms with E-state index in [2.05, 4.69) is 0 Å². The minimum Gasteiger partial charge on any atom is -0.497 e. The van der Waals surface area contributed by atoms with Gasteiger partial charge in [-0.25, -0.2) is 0 Å². The lowest BCUT2D eigenvalue weighted by molar-refractivity contribution is -0.360. The Morgan fingerprint density at radius 3 is 2.10 bits per heavy atom. The van der Waals surface area contributed by atoms with Crippen LogP contribution in [0.3, 0.4) is 0 Å². The summed E-state index contributed by atoms with van der Waals surface area (Å²) in [6.45, 7) is 0. The first kappa shape index (κ1) is 15.5. The fraction of sp³-hybridized carbons (Fsp3) is 0.333. The van der Waals surface area contributed by atoms with E-state index in [-0.39, 0.29) is 16.7 Å². The molecule has 1 aromatic carbocycles. The largest absolute Gasteiger partial charge is 0.497 e. The zero-order valence-corrected chi connectivity index (χ0v) is 10.4. The van der Waals surface area contributed by atoms with Crippen LogP contribution in [-0.2, 0) is 5.92 Å². The van der Waals surface area contributed by atoms with Gasteiger partial charge in [0.1, 0.15) is 5.75 Å². The highest BCUT2D eigenvalue weighted by Crippen LogP contribution is 2.51. The number of hydrogen-bond donors (Lipinski definition) is 1. The molecule has 0 radical (unpaired) electrons. The zero-order valence-electron chi connectivity index (χ0n) is 10.4. The lowest BCUT2D eigenvalue weighted by Gasteiger charge is -2.27. The van der Waals surface area contributed by atoms with Crippen molar-refractivity contribution in [1.29, 1.82) is 0 Å². The maximum absolute atomic E-state index is 13.5. The van der Waals surface area contributed by atoms with Gasteiger partial charge in [0, 0.05) is 10.9 Å². The lowest BCUT2D eigenvalue weighted by atomic mass is 10.1. The van der Waals surface area contributed by atoms with Crippen LogP contribution in [0.25, 0.3) is 10.9 Å². The fourth-order valence-corrected chi connectivity index (χ4v) is 1.75. The molecule has 1 heterocycles. The number of nitrogens with one attached hydrogen (secondary N) is 1. The quantitative estimate of drug-likeness (QED) is 0.831. The molecule has 0 aliphatic heterocycles. The van der Waals surface area contributed by atoms with Crippen molar-refractivity contribution in [2.75, 3.05) is 7.11 Å². The van der Waals surface area contributed by atoms with Gasteiger partial charge in [0.15, 0.2) is 0 Å². The van der Waals surface area contributed by atoms with Crippen LogP contribution in [0.2, 0.25) is 0 Å². The van der Waals surface area contributed by atoms with E-state index in [4.69, 9.17) is 4.74 Å². The predicted octanol–water partition coefficient (Wildman–Crippen LogP) is 4.47. The molecule has 0 aliphatic carbocycles. The molecule has 0 saturated carbocycles. The molecule has 1 N–H and O–H groups in total. The number of H-pyrrole nitrogens is 1. The molecule has 0 bridgehead atoms. The minimum atomic E-state index is -6.37. The zero-order chi connectivity index (χ0) is 16.1. The number of hydrogen-bond acceptors (Lipinski definition) is 1. The SMILES string of the molecule is COc1ccc2[nH]c(C(F)(F)C(F)(F)C(F)(F)F)cc2c1. The van der Waals surface area contributed by atoms with Gasteiger partial charge in [0.2, 0.25) is 0 Å². The van der Waals surface area contributed by atoms with Gasteiger partial charge >= 0.3 is 18.0 Å². The second kappa shape index (κ2) is 4.54. The first-order valence-electron chi connectivity index (χ1n) is 5.50. The second-order valence-corrected chi connectivity index (χ2v) is 4.28. The third-order valence-electron chi connectivity index (χ3n) is 2.92. The summed E-state index contributed by atoms with van der Waals surface area (Å²) in [5, 5.41) is 0.0296. The molecular formula is C12H8F7NO. The molecule has 9 heteroatoms. The number of rotatable bonds is 3. The van der Waals surface area contributed by atoms with Gasteiger partial charge in [-0.2, -0.15) is 30.7 Å². The van der Waals surface area contributed by atoms with Crippen LogP contribution in [0.4, 0.5) is 30.7 Å². The van der Waals surface area contributed by atoms with E-state index < -0.39 is 23.7 Å². The van der Waals surface area contributed by atoms with Crippen LogP contribution in [0.5, 0.6) is 5.75 Å². The topological polar surface area (TPSA) is 25.0 Å². The molecule has 2 aromatic rings. The minimum absolute atomic E-state index is 0.0107. The highest BCUT2D eigenvalue weighted by molar-refractivity contribution is 5.82. The fourth-order valence-electron chi connectivity index (χ4n) is 1.75. The van der Waals surface area contributed by atoms with E-state index in [0.29, 0.717) is 6.07 Å². The van der Waals surface area contributed by atoms with Gasteiger partial charge in [-0.1, -0.05) is 0 Å². The third-order valence-corrected chi connectivity index (χ3v) is 2.92. The van der Waals surface area contributed by atoms with Crippen LogP contribution in [0.15, 0.2) is 24.3 Å². The monoisotopic (exact) mass is 315 g/mol. The van der Waals surface area contributed by atoms with E-state index in [1.54, 1.807) is 0 Å². The highest BCUT2D eigenvalue weighted by atomic mass is 19.4. The highest BCUT2D eigenvalue weighted by Gasteiger charge is 2.74. The van der Waals surface area contributed by atoms with Crippen LogP contribution >= 0.6 is 0 Å². The number of fused-ring (bicyclic) bond motifs is 1. The van der Waals surface area contributed by atoms with Crippen molar-refractivity contribution in [3.05, 3.63) is 30.0 Å². The summed E-state index contributed by atoms with van der Waals surface area (Å²) in [5.41, 5.74) is -1.53. The number of ether oxygens (including phenoxy) is 1. The number of aromatic amines is 1. The molecule has 1 aromatic heterocycles. The molecule has 0 unspecified atom stereocenters. The molecule has 116 valence electrons.